The highest BCUT2D eigenvalue weighted by Gasteiger charge is 2.24. The summed E-state index contributed by atoms with van der Waals surface area (Å²) in [6.45, 7) is 6.40. The predicted octanol–water partition coefficient (Wildman–Crippen LogP) is 2.71. The normalized spacial score (nSPS) is 19.4. The number of carbonyl (C=O) groups excluding carboxylic acids is 1. The number of aromatic nitrogens is 1. The number of anilines is 2. The third-order valence-corrected chi connectivity index (χ3v) is 4.31. The molecule has 0 radical (unpaired) electrons. The third kappa shape index (κ3) is 3.65. The fraction of sp³-hybridized carbons (Fsp3) is 0.625. The second-order valence-electron chi connectivity index (χ2n) is 6.05. The first-order chi connectivity index (χ1) is 10.0. The van der Waals surface area contributed by atoms with E-state index < -0.39 is 0 Å². The van der Waals surface area contributed by atoms with Crippen LogP contribution in [0.4, 0.5) is 11.5 Å². The van der Waals surface area contributed by atoms with Crippen molar-refractivity contribution >= 4 is 17.5 Å². The molecule has 0 bridgehead atoms. The molecule has 1 aliphatic rings. The molecule has 1 aromatic rings. The van der Waals surface area contributed by atoms with E-state index >= 15 is 0 Å². The second kappa shape index (κ2) is 6.78. The molecule has 1 atom stereocenters. The van der Waals surface area contributed by atoms with Crippen LogP contribution < -0.4 is 10.6 Å². The van der Waals surface area contributed by atoms with Crippen LogP contribution in [0.25, 0.3) is 0 Å². The maximum atomic E-state index is 11.9. The lowest BCUT2D eigenvalue weighted by Gasteiger charge is -2.24. The van der Waals surface area contributed by atoms with E-state index in [9.17, 15) is 4.79 Å². The average molecular weight is 291 g/mol. The van der Waals surface area contributed by atoms with E-state index in [1.165, 1.54) is 13.5 Å². The Bertz CT molecular complexity index is 502. The summed E-state index contributed by atoms with van der Waals surface area (Å²) in [7, 11) is 1.38. The van der Waals surface area contributed by atoms with Crippen LogP contribution in [0.15, 0.2) is 12.3 Å². The molecule has 0 aromatic carbocycles. The number of rotatable bonds is 3. The number of carbonyl (C=O) groups is 1. The molecule has 2 heterocycles. The van der Waals surface area contributed by atoms with Gasteiger partial charge in [0.1, 0.15) is 11.4 Å². The summed E-state index contributed by atoms with van der Waals surface area (Å²) >= 11 is 0. The molecule has 0 aliphatic carbocycles. The molecular formula is C16H25N3O2. The molecular weight excluding hydrogens is 266 g/mol. The predicted molar refractivity (Wildman–Crippen MR) is 84.4 cm³/mol. The molecule has 2 rings (SSSR count). The van der Waals surface area contributed by atoms with Crippen LogP contribution in [0.3, 0.4) is 0 Å². The number of nitrogens with zero attached hydrogens (tertiary/aromatic N) is 2. The van der Waals surface area contributed by atoms with Gasteiger partial charge in [0.2, 0.25) is 0 Å². The Labute approximate surface area is 126 Å². The van der Waals surface area contributed by atoms with Crippen LogP contribution in [0.2, 0.25) is 0 Å². The van der Waals surface area contributed by atoms with Gasteiger partial charge in [-0.05, 0) is 37.2 Å². The maximum absolute atomic E-state index is 11.9. The van der Waals surface area contributed by atoms with Crippen LogP contribution in [-0.4, -0.2) is 31.2 Å². The molecule has 5 heteroatoms. The van der Waals surface area contributed by atoms with Crippen molar-refractivity contribution in [2.75, 3.05) is 30.8 Å². The van der Waals surface area contributed by atoms with E-state index in [1.807, 2.05) is 0 Å². The van der Waals surface area contributed by atoms with Crippen molar-refractivity contribution in [3.05, 3.63) is 17.8 Å². The molecule has 0 saturated carbocycles. The van der Waals surface area contributed by atoms with Gasteiger partial charge in [-0.15, -0.1) is 0 Å². The summed E-state index contributed by atoms with van der Waals surface area (Å²) < 4.78 is 4.85. The largest absolute Gasteiger partial charge is 0.465 e. The second-order valence-corrected chi connectivity index (χ2v) is 6.05. The monoisotopic (exact) mass is 291 g/mol. The Morgan fingerprint density at radius 1 is 1.43 bits per heavy atom. The number of esters is 1. The average Bonchev–Trinajstić information content (AvgIpc) is 2.72. The first-order valence-corrected chi connectivity index (χ1v) is 7.61. The van der Waals surface area contributed by atoms with Gasteiger partial charge < -0.3 is 15.4 Å². The maximum Gasteiger partial charge on any atom is 0.341 e. The lowest BCUT2D eigenvalue weighted by Crippen LogP contribution is -2.28. The zero-order valence-electron chi connectivity index (χ0n) is 13.1. The Kier molecular flexibility index (Phi) is 5.04. The van der Waals surface area contributed by atoms with Crippen LogP contribution in [0, 0.1) is 11.8 Å². The zero-order chi connectivity index (χ0) is 15.4. The van der Waals surface area contributed by atoms with Crippen molar-refractivity contribution in [1.82, 2.24) is 4.98 Å². The summed E-state index contributed by atoms with van der Waals surface area (Å²) in [4.78, 5) is 18.5. The fourth-order valence-electron chi connectivity index (χ4n) is 2.99. The molecule has 0 amide bonds. The Morgan fingerprint density at radius 2 is 2.19 bits per heavy atom. The van der Waals surface area contributed by atoms with Gasteiger partial charge >= 0.3 is 5.97 Å². The van der Waals surface area contributed by atoms with Crippen molar-refractivity contribution in [2.45, 2.75) is 33.1 Å². The third-order valence-electron chi connectivity index (χ3n) is 4.31. The molecule has 1 unspecified atom stereocenters. The van der Waals surface area contributed by atoms with Crippen molar-refractivity contribution < 1.29 is 9.53 Å². The topological polar surface area (TPSA) is 68.5 Å². The van der Waals surface area contributed by atoms with E-state index in [2.05, 4.69) is 23.7 Å². The van der Waals surface area contributed by atoms with Gasteiger partial charge in [-0.1, -0.05) is 13.8 Å². The quantitative estimate of drug-likeness (QED) is 0.867. The van der Waals surface area contributed by atoms with Crippen LogP contribution in [0.1, 0.15) is 43.5 Å². The number of hydrogen-bond acceptors (Lipinski definition) is 5. The minimum atomic E-state index is -0.380. The van der Waals surface area contributed by atoms with Gasteiger partial charge in [0, 0.05) is 13.1 Å². The van der Waals surface area contributed by atoms with E-state index in [-0.39, 0.29) is 5.97 Å². The van der Waals surface area contributed by atoms with Gasteiger partial charge in [0.25, 0.3) is 0 Å². The summed E-state index contributed by atoms with van der Waals surface area (Å²) in [6, 6.07) is 1.65. The highest BCUT2D eigenvalue weighted by Crippen LogP contribution is 2.28. The Morgan fingerprint density at radius 3 is 2.86 bits per heavy atom. The number of methoxy groups -OCH3 is 1. The first-order valence-electron chi connectivity index (χ1n) is 7.61. The van der Waals surface area contributed by atoms with Crippen molar-refractivity contribution in [3.8, 4) is 0 Å². The smallest absolute Gasteiger partial charge is 0.341 e. The molecule has 1 aliphatic heterocycles. The number of pyridine rings is 1. The zero-order valence-corrected chi connectivity index (χ0v) is 13.1. The highest BCUT2D eigenvalue weighted by atomic mass is 16.5. The standard InChI is InChI=1S/C16H25N3O2/c1-11(2)12-5-4-7-19(8-6-12)15-14(16(20)21-3)9-13(17)10-18-15/h9-12H,4-8,17H2,1-3H3. The molecule has 0 spiro atoms. The van der Waals surface area contributed by atoms with Gasteiger partial charge in [-0.2, -0.15) is 0 Å². The van der Waals surface area contributed by atoms with E-state index in [0.29, 0.717) is 23.0 Å². The van der Waals surface area contributed by atoms with Gasteiger partial charge in [0.05, 0.1) is 19.0 Å². The summed E-state index contributed by atoms with van der Waals surface area (Å²) in [5.74, 6) is 1.75. The van der Waals surface area contributed by atoms with Crippen molar-refractivity contribution in [3.63, 3.8) is 0 Å². The minimum Gasteiger partial charge on any atom is -0.465 e. The molecule has 1 saturated heterocycles. The summed E-state index contributed by atoms with van der Waals surface area (Å²) in [5.41, 5.74) is 6.69. The van der Waals surface area contributed by atoms with E-state index in [0.717, 1.165) is 31.8 Å². The van der Waals surface area contributed by atoms with E-state index in [4.69, 9.17) is 10.5 Å². The number of nitrogens with two attached hydrogens (primary N) is 1. The van der Waals surface area contributed by atoms with E-state index in [1.54, 1.807) is 12.3 Å². The highest BCUT2D eigenvalue weighted by molar-refractivity contribution is 5.95. The van der Waals surface area contributed by atoms with Crippen LogP contribution in [0.5, 0.6) is 0 Å². The molecule has 1 aromatic heterocycles. The summed E-state index contributed by atoms with van der Waals surface area (Å²) in [6.07, 6.45) is 5.09. The van der Waals surface area contributed by atoms with Gasteiger partial charge in [0.15, 0.2) is 0 Å². The number of hydrogen-bond donors (Lipinski definition) is 1. The number of ether oxygens (including phenoxy) is 1. The molecule has 5 nitrogen and oxygen atoms in total. The van der Waals surface area contributed by atoms with Gasteiger partial charge in [-0.25, -0.2) is 9.78 Å². The molecule has 2 N–H and O–H groups in total. The van der Waals surface area contributed by atoms with Crippen LogP contribution in [-0.2, 0) is 4.74 Å². The Balaban J connectivity index is 2.23. The Hall–Kier alpha value is -1.78. The molecule has 1 fully saturated rings. The van der Waals surface area contributed by atoms with Gasteiger partial charge in [-0.3, -0.25) is 0 Å². The lowest BCUT2D eigenvalue weighted by molar-refractivity contribution is 0.0601. The minimum absolute atomic E-state index is 0.380. The SMILES string of the molecule is COC(=O)c1cc(N)cnc1N1CCCC(C(C)C)CC1. The number of nitrogen functional groups attached to an aromatic ring is 1. The van der Waals surface area contributed by atoms with Crippen LogP contribution >= 0.6 is 0 Å². The fourth-order valence-corrected chi connectivity index (χ4v) is 2.99. The first kappa shape index (κ1) is 15.6. The molecule has 116 valence electrons. The van der Waals surface area contributed by atoms with Crippen molar-refractivity contribution in [1.29, 1.82) is 0 Å². The summed E-state index contributed by atoms with van der Waals surface area (Å²) in [5, 5.41) is 0. The lowest BCUT2D eigenvalue weighted by atomic mass is 9.89. The molecule has 21 heavy (non-hydrogen) atoms. The van der Waals surface area contributed by atoms with Crippen molar-refractivity contribution in [2.24, 2.45) is 11.8 Å².